The molecular weight excluding hydrogens is 368 g/mol. The van der Waals surface area contributed by atoms with Crippen LogP contribution < -0.4 is 10.5 Å². The summed E-state index contributed by atoms with van der Waals surface area (Å²) in [4.78, 5) is 8.36. The second kappa shape index (κ2) is 5.98. The van der Waals surface area contributed by atoms with Crippen molar-refractivity contribution in [2.24, 2.45) is 0 Å². The maximum absolute atomic E-state index is 6.02. The molecule has 4 rings (SSSR count). The van der Waals surface area contributed by atoms with E-state index < -0.39 is 0 Å². The van der Waals surface area contributed by atoms with E-state index in [0.717, 1.165) is 32.7 Å². The molecule has 2 aromatic heterocycles. The molecule has 5 nitrogen and oxygen atoms in total. The molecule has 0 unspecified atom stereocenters. The van der Waals surface area contributed by atoms with Crippen molar-refractivity contribution < 1.29 is 4.74 Å². The average Bonchev–Trinajstić information content (AvgIpc) is 2.95. The van der Waals surface area contributed by atoms with Gasteiger partial charge in [-0.2, -0.15) is 0 Å². The zero-order chi connectivity index (χ0) is 16.5. The van der Waals surface area contributed by atoms with Crippen molar-refractivity contribution in [1.29, 1.82) is 0 Å². The smallest absolute Gasteiger partial charge is 0.151 e. The van der Waals surface area contributed by atoms with Gasteiger partial charge in [0.05, 0.1) is 4.47 Å². The normalized spacial score (nSPS) is 10.9. The largest absolute Gasteiger partial charge is 0.457 e. The van der Waals surface area contributed by atoms with Gasteiger partial charge in [0.25, 0.3) is 0 Å². The number of aromatic nitrogens is 3. The standard InChI is InChI=1S/C18H13BrN4O/c19-15-10-23(17-16(15)21-11-22-18(17)20)12-6-8-14(9-7-12)24-13-4-2-1-3-5-13/h1-11H,(H2,20,21,22). The number of hydrogen-bond acceptors (Lipinski definition) is 4. The minimum atomic E-state index is 0.440. The maximum atomic E-state index is 6.02. The lowest BCUT2D eigenvalue weighted by Gasteiger charge is -2.09. The summed E-state index contributed by atoms with van der Waals surface area (Å²) in [6.45, 7) is 0. The van der Waals surface area contributed by atoms with Crippen LogP contribution in [0.1, 0.15) is 0 Å². The van der Waals surface area contributed by atoms with Crippen molar-refractivity contribution in [2.75, 3.05) is 5.73 Å². The van der Waals surface area contributed by atoms with Gasteiger partial charge in [-0.3, -0.25) is 0 Å². The Kier molecular flexibility index (Phi) is 3.66. The maximum Gasteiger partial charge on any atom is 0.151 e. The van der Waals surface area contributed by atoms with E-state index in [4.69, 9.17) is 10.5 Å². The Morgan fingerprint density at radius 3 is 2.38 bits per heavy atom. The highest BCUT2D eigenvalue weighted by Gasteiger charge is 2.13. The monoisotopic (exact) mass is 380 g/mol. The Morgan fingerprint density at radius 2 is 1.62 bits per heavy atom. The highest BCUT2D eigenvalue weighted by Crippen LogP contribution is 2.30. The van der Waals surface area contributed by atoms with E-state index in [2.05, 4.69) is 25.9 Å². The molecule has 0 aliphatic carbocycles. The summed E-state index contributed by atoms with van der Waals surface area (Å²) in [5.74, 6) is 2.01. The van der Waals surface area contributed by atoms with Crippen LogP contribution in [-0.2, 0) is 0 Å². The van der Waals surface area contributed by atoms with Crippen molar-refractivity contribution >= 4 is 32.8 Å². The van der Waals surface area contributed by atoms with Gasteiger partial charge in [0.15, 0.2) is 5.82 Å². The van der Waals surface area contributed by atoms with E-state index in [1.54, 1.807) is 0 Å². The first kappa shape index (κ1) is 14.7. The van der Waals surface area contributed by atoms with E-state index in [9.17, 15) is 0 Å². The summed E-state index contributed by atoms with van der Waals surface area (Å²) in [7, 11) is 0. The molecule has 0 fully saturated rings. The van der Waals surface area contributed by atoms with Crippen LogP contribution in [0, 0.1) is 0 Å². The predicted molar refractivity (Wildman–Crippen MR) is 97.5 cm³/mol. The summed E-state index contributed by atoms with van der Waals surface area (Å²) in [6, 6.07) is 17.5. The van der Waals surface area contributed by atoms with Crippen LogP contribution in [0.15, 0.2) is 71.6 Å². The topological polar surface area (TPSA) is 66.0 Å². The van der Waals surface area contributed by atoms with Crippen molar-refractivity contribution in [1.82, 2.24) is 14.5 Å². The number of rotatable bonds is 3. The van der Waals surface area contributed by atoms with Crippen molar-refractivity contribution in [2.45, 2.75) is 0 Å². The molecule has 0 aliphatic rings. The van der Waals surface area contributed by atoms with Crippen LogP contribution in [0.25, 0.3) is 16.7 Å². The fourth-order valence-corrected chi connectivity index (χ4v) is 3.04. The van der Waals surface area contributed by atoms with Gasteiger partial charge in [-0.05, 0) is 52.3 Å². The molecule has 0 saturated heterocycles. The third-order valence-electron chi connectivity index (χ3n) is 3.65. The number of hydrogen-bond donors (Lipinski definition) is 1. The summed E-state index contributed by atoms with van der Waals surface area (Å²) in [5, 5.41) is 0. The molecule has 0 radical (unpaired) electrons. The fraction of sp³-hybridized carbons (Fsp3) is 0. The molecule has 0 aliphatic heterocycles. The summed E-state index contributed by atoms with van der Waals surface area (Å²) < 4.78 is 8.65. The highest BCUT2D eigenvalue weighted by molar-refractivity contribution is 9.10. The Bertz CT molecular complexity index is 997. The van der Waals surface area contributed by atoms with E-state index in [1.807, 2.05) is 65.4 Å². The molecule has 0 spiro atoms. The van der Waals surface area contributed by atoms with Gasteiger partial charge in [-0.1, -0.05) is 18.2 Å². The molecule has 4 aromatic rings. The zero-order valence-corrected chi connectivity index (χ0v) is 14.1. The Hall–Kier alpha value is -2.86. The number of benzene rings is 2. The van der Waals surface area contributed by atoms with Gasteiger partial charge in [-0.15, -0.1) is 0 Å². The molecule has 2 N–H and O–H groups in total. The lowest BCUT2D eigenvalue weighted by atomic mass is 10.3. The molecule has 0 amide bonds. The van der Waals surface area contributed by atoms with Gasteiger partial charge >= 0.3 is 0 Å². The van der Waals surface area contributed by atoms with E-state index in [0.29, 0.717) is 5.82 Å². The highest BCUT2D eigenvalue weighted by atomic mass is 79.9. The van der Waals surface area contributed by atoms with Crippen LogP contribution in [0.4, 0.5) is 5.82 Å². The molecule has 118 valence electrons. The van der Waals surface area contributed by atoms with Gasteiger partial charge in [-0.25, -0.2) is 9.97 Å². The Morgan fingerprint density at radius 1 is 0.917 bits per heavy atom. The summed E-state index contributed by atoms with van der Waals surface area (Å²) >= 11 is 3.52. The number of para-hydroxylation sites is 1. The fourth-order valence-electron chi connectivity index (χ4n) is 2.55. The molecule has 0 atom stereocenters. The first-order valence-corrected chi connectivity index (χ1v) is 8.12. The second-order valence-corrected chi connectivity index (χ2v) is 6.07. The van der Waals surface area contributed by atoms with Crippen molar-refractivity contribution in [3.05, 3.63) is 71.6 Å². The number of halogens is 1. The number of fused-ring (bicyclic) bond motifs is 1. The van der Waals surface area contributed by atoms with Crippen molar-refractivity contribution in [3.8, 4) is 17.2 Å². The van der Waals surface area contributed by atoms with E-state index in [1.165, 1.54) is 6.33 Å². The van der Waals surface area contributed by atoms with Gasteiger partial charge < -0.3 is 15.0 Å². The predicted octanol–water partition coefficient (Wildman–Crippen LogP) is 4.56. The minimum absolute atomic E-state index is 0.440. The summed E-state index contributed by atoms with van der Waals surface area (Å²) in [6.07, 6.45) is 3.40. The lowest BCUT2D eigenvalue weighted by molar-refractivity contribution is 0.482. The summed E-state index contributed by atoms with van der Waals surface area (Å²) in [5.41, 5.74) is 8.54. The van der Waals surface area contributed by atoms with Crippen LogP contribution >= 0.6 is 15.9 Å². The van der Waals surface area contributed by atoms with Gasteiger partial charge in [0, 0.05) is 11.9 Å². The quantitative estimate of drug-likeness (QED) is 0.565. The minimum Gasteiger partial charge on any atom is -0.457 e. The van der Waals surface area contributed by atoms with Gasteiger partial charge in [0.2, 0.25) is 0 Å². The van der Waals surface area contributed by atoms with Crippen LogP contribution in [0.3, 0.4) is 0 Å². The third kappa shape index (κ3) is 2.61. The number of nitrogens with two attached hydrogens (primary N) is 1. The van der Waals surface area contributed by atoms with E-state index >= 15 is 0 Å². The SMILES string of the molecule is Nc1ncnc2c(Br)cn(-c3ccc(Oc4ccccc4)cc3)c12. The molecule has 24 heavy (non-hydrogen) atoms. The first-order valence-electron chi connectivity index (χ1n) is 7.33. The second-order valence-electron chi connectivity index (χ2n) is 5.21. The molecule has 0 saturated carbocycles. The zero-order valence-electron chi connectivity index (χ0n) is 12.6. The molecule has 2 aromatic carbocycles. The van der Waals surface area contributed by atoms with E-state index in [-0.39, 0.29) is 0 Å². The molecular formula is C18H13BrN4O. The number of anilines is 1. The lowest BCUT2D eigenvalue weighted by Crippen LogP contribution is -1.98. The molecule has 2 heterocycles. The average molecular weight is 381 g/mol. The molecule has 0 bridgehead atoms. The van der Waals surface area contributed by atoms with Crippen LogP contribution in [0.2, 0.25) is 0 Å². The number of nitrogen functional groups attached to an aromatic ring is 1. The first-order chi connectivity index (χ1) is 11.7. The van der Waals surface area contributed by atoms with Crippen molar-refractivity contribution in [3.63, 3.8) is 0 Å². The van der Waals surface area contributed by atoms with Crippen LogP contribution in [-0.4, -0.2) is 14.5 Å². The number of nitrogens with zero attached hydrogens (tertiary/aromatic N) is 3. The Labute approximate surface area is 146 Å². The molecule has 6 heteroatoms. The number of ether oxygens (including phenoxy) is 1. The Balaban J connectivity index is 1.71. The van der Waals surface area contributed by atoms with Crippen LogP contribution in [0.5, 0.6) is 11.5 Å². The van der Waals surface area contributed by atoms with Gasteiger partial charge in [0.1, 0.15) is 28.9 Å². The third-order valence-corrected chi connectivity index (χ3v) is 4.23.